The Bertz CT molecular complexity index is 1210. The summed E-state index contributed by atoms with van der Waals surface area (Å²) >= 11 is 0. The van der Waals surface area contributed by atoms with Crippen molar-refractivity contribution >= 4 is 21.8 Å². The van der Waals surface area contributed by atoms with Crippen LogP contribution in [-0.4, -0.2) is 21.6 Å². The van der Waals surface area contributed by atoms with Crippen molar-refractivity contribution < 1.29 is 20.1 Å². The molecule has 4 nitrogen and oxygen atoms in total. The summed E-state index contributed by atoms with van der Waals surface area (Å²) in [6.07, 6.45) is 1.61. The van der Waals surface area contributed by atoms with Crippen LogP contribution in [-0.2, 0) is 20.1 Å². The minimum Gasteiger partial charge on any atom is -0.658 e. The van der Waals surface area contributed by atoms with Crippen LogP contribution in [0, 0.1) is 6.07 Å². The number of benzene rings is 3. The van der Waals surface area contributed by atoms with Gasteiger partial charge in [-0.2, -0.15) is 6.29 Å². The van der Waals surface area contributed by atoms with Crippen molar-refractivity contribution in [2.75, 3.05) is 0 Å². The Labute approximate surface area is 222 Å². The number of aromatic nitrogens is 2. The van der Waals surface area contributed by atoms with Gasteiger partial charge in [-0.25, -0.2) is 0 Å². The maximum Gasteiger partial charge on any atom is 3.00 e. The van der Waals surface area contributed by atoms with E-state index < -0.39 is 0 Å². The van der Waals surface area contributed by atoms with Crippen LogP contribution in [0.1, 0.15) is 34.0 Å². The van der Waals surface area contributed by atoms with Crippen LogP contribution in [0.4, 0.5) is 0 Å². The summed E-state index contributed by atoms with van der Waals surface area (Å²) < 4.78 is 2.27. The van der Waals surface area contributed by atoms with E-state index in [2.05, 4.69) is 91.8 Å². The predicted octanol–water partition coefficient (Wildman–Crippen LogP) is 8.36. The number of hydrogen-bond donors (Lipinski definition) is 0. The molecule has 0 aliphatic heterocycles. The Morgan fingerprint density at radius 2 is 1.23 bits per heavy atom. The molecule has 0 saturated carbocycles. The molecule has 0 unspecified atom stereocenters. The summed E-state index contributed by atoms with van der Waals surface area (Å²) in [5.41, 5.74) is 4.40. The molecule has 3 aromatic carbocycles. The van der Waals surface area contributed by atoms with Gasteiger partial charge in [-0.3, -0.25) is 0 Å². The minimum absolute atomic E-state index is 0. The Balaban J connectivity index is 0.000000223. The van der Waals surface area contributed by atoms with Crippen LogP contribution in [0.25, 0.3) is 43.7 Å². The van der Waals surface area contributed by atoms with Gasteiger partial charge in [-0.15, -0.1) is 48.0 Å². The average molecular weight is 640 g/mol. The monoisotopic (exact) mass is 640 g/mol. The SMILES string of the molecule is CC(C)[N-]C([N-]C(C)C)n1c2ccccc2c2ccccc21.[Ir+3].[c-]1ccccc1-c1ccccn1. The Morgan fingerprint density at radius 1 is 0.686 bits per heavy atom. The van der Waals surface area contributed by atoms with Gasteiger partial charge in [0, 0.05) is 28.0 Å². The van der Waals surface area contributed by atoms with Crippen LogP contribution in [0.15, 0.2) is 97.2 Å². The van der Waals surface area contributed by atoms with Gasteiger partial charge in [0.2, 0.25) is 0 Å². The molecule has 2 aromatic heterocycles. The van der Waals surface area contributed by atoms with Crippen molar-refractivity contribution in [2.45, 2.75) is 46.1 Å². The second kappa shape index (κ2) is 12.8. The van der Waals surface area contributed by atoms with E-state index in [4.69, 9.17) is 10.6 Å². The molecule has 0 fully saturated rings. The van der Waals surface area contributed by atoms with Crippen LogP contribution in [0.3, 0.4) is 0 Å². The van der Waals surface area contributed by atoms with Crippen LogP contribution in [0.2, 0.25) is 0 Å². The van der Waals surface area contributed by atoms with Crippen LogP contribution >= 0.6 is 0 Å². The number of hydrogen-bond acceptors (Lipinski definition) is 1. The van der Waals surface area contributed by atoms with E-state index in [9.17, 15) is 0 Å². The standard InChI is InChI=1S/C19H23N3.C11H8N.Ir/c1-13(2)20-19(21-14(3)4)22-17-11-7-5-9-15(17)16-10-6-8-12-18(16)22;1-2-6-10(7-3-1)11-8-4-5-9-12-11;/h5-14,19H,1-4H3;1-6,8-9H;/q-2;-1;+3. The number of nitrogens with zero attached hydrogens (tertiary/aromatic N) is 4. The molecule has 2 heterocycles. The third-order valence-corrected chi connectivity index (χ3v) is 5.36. The zero-order chi connectivity index (χ0) is 23.9. The molecular weight excluding hydrogens is 609 g/mol. The first kappa shape index (κ1) is 26.8. The number of pyridine rings is 1. The van der Waals surface area contributed by atoms with Gasteiger partial charge >= 0.3 is 20.1 Å². The van der Waals surface area contributed by atoms with Gasteiger partial charge < -0.3 is 20.2 Å². The molecule has 0 atom stereocenters. The van der Waals surface area contributed by atoms with Crippen molar-refractivity contribution in [3.63, 3.8) is 0 Å². The fourth-order valence-electron chi connectivity index (χ4n) is 3.98. The molecule has 0 amide bonds. The Hall–Kier alpha value is -2.82. The summed E-state index contributed by atoms with van der Waals surface area (Å²) in [6.45, 7) is 8.43. The largest absolute Gasteiger partial charge is 3.00 e. The summed E-state index contributed by atoms with van der Waals surface area (Å²) in [4.78, 5) is 4.22. The normalized spacial score (nSPS) is 11.1. The Morgan fingerprint density at radius 3 is 1.71 bits per heavy atom. The third-order valence-electron chi connectivity index (χ3n) is 5.36. The molecular formula is C30H31IrN4. The zero-order valence-electron chi connectivity index (χ0n) is 20.6. The molecule has 0 aliphatic rings. The first-order chi connectivity index (χ1) is 16.5. The molecule has 0 N–H and O–H groups in total. The van der Waals surface area contributed by atoms with Gasteiger partial charge in [0.1, 0.15) is 0 Å². The summed E-state index contributed by atoms with van der Waals surface area (Å²) in [5.74, 6) is 0. The second-order valence-electron chi connectivity index (χ2n) is 8.73. The third kappa shape index (κ3) is 6.65. The molecule has 180 valence electrons. The molecule has 0 bridgehead atoms. The molecule has 0 spiro atoms. The Kier molecular flexibility index (Phi) is 9.76. The van der Waals surface area contributed by atoms with E-state index in [1.54, 1.807) is 6.20 Å². The van der Waals surface area contributed by atoms with E-state index in [0.29, 0.717) is 0 Å². The van der Waals surface area contributed by atoms with Crippen molar-refractivity contribution in [1.29, 1.82) is 0 Å². The quantitative estimate of drug-likeness (QED) is 0.172. The van der Waals surface area contributed by atoms with E-state index in [-0.39, 0.29) is 38.5 Å². The van der Waals surface area contributed by atoms with Crippen molar-refractivity contribution in [1.82, 2.24) is 9.55 Å². The molecule has 0 saturated heterocycles. The maximum absolute atomic E-state index is 4.86. The molecule has 0 aliphatic carbocycles. The van der Waals surface area contributed by atoms with E-state index >= 15 is 0 Å². The van der Waals surface area contributed by atoms with Crippen molar-refractivity contribution in [3.05, 3.63) is 114 Å². The first-order valence-corrected chi connectivity index (χ1v) is 11.8. The molecule has 5 aromatic rings. The van der Waals surface area contributed by atoms with Gasteiger partial charge in [0.05, 0.1) is 0 Å². The minimum atomic E-state index is -0.176. The van der Waals surface area contributed by atoms with Crippen molar-refractivity contribution in [2.24, 2.45) is 0 Å². The van der Waals surface area contributed by atoms with Gasteiger partial charge in [-0.05, 0) is 23.9 Å². The number of para-hydroxylation sites is 2. The molecule has 35 heavy (non-hydrogen) atoms. The van der Waals surface area contributed by atoms with Gasteiger partial charge in [0.15, 0.2) is 0 Å². The maximum atomic E-state index is 4.86. The molecule has 0 radical (unpaired) electrons. The zero-order valence-corrected chi connectivity index (χ0v) is 23.0. The summed E-state index contributed by atoms with van der Waals surface area (Å²) in [6, 6.07) is 34.3. The number of rotatable bonds is 6. The van der Waals surface area contributed by atoms with Crippen LogP contribution < -0.4 is 0 Å². The molecule has 5 rings (SSSR count). The topological polar surface area (TPSA) is 46.0 Å². The second-order valence-corrected chi connectivity index (χ2v) is 8.73. The van der Waals surface area contributed by atoms with E-state index in [1.165, 1.54) is 21.8 Å². The fourth-order valence-corrected chi connectivity index (χ4v) is 3.98. The van der Waals surface area contributed by atoms with Gasteiger partial charge in [0.25, 0.3) is 0 Å². The number of fused-ring (bicyclic) bond motifs is 3. The fraction of sp³-hybridized carbons (Fsp3) is 0.233. The predicted molar refractivity (Wildman–Crippen MR) is 144 cm³/mol. The molecule has 5 heteroatoms. The van der Waals surface area contributed by atoms with Crippen LogP contribution in [0.5, 0.6) is 0 Å². The first-order valence-electron chi connectivity index (χ1n) is 11.8. The van der Waals surface area contributed by atoms with E-state index in [0.717, 1.165) is 11.3 Å². The van der Waals surface area contributed by atoms with Crippen molar-refractivity contribution in [3.8, 4) is 11.3 Å². The van der Waals surface area contributed by atoms with E-state index in [1.807, 2.05) is 42.5 Å². The summed E-state index contributed by atoms with van der Waals surface area (Å²) in [5, 5.41) is 12.2. The summed E-state index contributed by atoms with van der Waals surface area (Å²) in [7, 11) is 0. The smallest absolute Gasteiger partial charge is 0.658 e. The average Bonchev–Trinajstić information content (AvgIpc) is 3.19. The van der Waals surface area contributed by atoms with Gasteiger partial charge in [-0.1, -0.05) is 76.2 Å².